The van der Waals surface area contributed by atoms with Gasteiger partial charge in [-0.05, 0) is 25.0 Å². The number of thiazole rings is 1. The van der Waals surface area contributed by atoms with Gasteiger partial charge in [0.05, 0.1) is 30.9 Å². The van der Waals surface area contributed by atoms with Crippen molar-refractivity contribution in [2.75, 3.05) is 21.3 Å². The Morgan fingerprint density at radius 2 is 1.94 bits per heavy atom. The standard InChI is InChI=1S/C25H29N3O5S/c1-6-7-9-17-20(21-18(31-4)10-8-11-19(21)32-5)23(29)22(24(30)28-17)25(26-3)33-15(2)12-16-13-27-14-34-16/h8,10-11,13-14H,2,6-7,9,12H2,1,3-5H3,(H2,28,29,30). The topological polar surface area (TPSA) is 106 Å². The maximum absolute atomic E-state index is 13.1. The zero-order valence-electron chi connectivity index (χ0n) is 19.8. The first-order valence-corrected chi connectivity index (χ1v) is 11.7. The van der Waals surface area contributed by atoms with Crippen LogP contribution in [0, 0.1) is 0 Å². The van der Waals surface area contributed by atoms with E-state index in [2.05, 4.69) is 28.5 Å². The van der Waals surface area contributed by atoms with E-state index >= 15 is 0 Å². The first kappa shape index (κ1) is 25.0. The van der Waals surface area contributed by atoms with Crippen molar-refractivity contribution in [2.45, 2.75) is 32.6 Å². The number of methoxy groups -OCH3 is 2. The number of nitrogens with one attached hydrogen (secondary N) is 1. The number of hydrogen-bond donors (Lipinski definition) is 2. The fourth-order valence-electron chi connectivity index (χ4n) is 3.65. The molecule has 0 fully saturated rings. The number of pyridine rings is 1. The summed E-state index contributed by atoms with van der Waals surface area (Å²) in [5, 5.41) is 11.5. The van der Waals surface area contributed by atoms with E-state index in [4.69, 9.17) is 14.2 Å². The van der Waals surface area contributed by atoms with Crippen LogP contribution in [0.4, 0.5) is 0 Å². The molecular formula is C25H29N3O5S. The van der Waals surface area contributed by atoms with Crippen LogP contribution >= 0.6 is 11.3 Å². The maximum Gasteiger partial charge on any atom is 0.264 e. The number of H-pyrrole nitrogens is 1. The Kier molecular flexibility index (Phi) is 8.48. The quantitative estimate of drug-likeness (QED) is 0.246. The molecule has 3 aromatic rings. The average Bonchev–Trinajstić information content (AvgIpc) is 3.34. The Bertz CT molecular complexity index is 1210. The molecule has 9 heteroatoms. The molecule has 0 unspecified atom stereocenters. The van der Waals surface area contributed by atoms with Gasteiger partial charge >= 0.3 is 0 Å². The van der Waals surface area contributed by atoms with Gasteiger partial charge in [0, 0.05) is 30.2 Å². The Balaban J connectivity index is 2.17. The second kappa shape index (κ2) is 11.5. The van der Waals surface area contributed by atoms with Crippen molar-refractivity contribution in [3.63, 3.8) is 0 Å². The van der Waals surface area contributed by atoms with Crippen LogP contribution in [-0.2, 0) is 17.6 Å². The van der Waals surface area contributed by atoms with Crippen molar-refractivity contribution < 1.29 is 19.3 Å². The minimum absolute atomic E-state index is 0.0366. The molecule has 0 aliphatic heterocycles. The summed E-state index contributed by atoms with van der Waals surface area (Å²) in [6, 6.07) is 5.34. The molecule has 0 bridgehead atoms. The Hall–Kier alpha value is -3.59. The highest BCUT2D eigenvalue weighted by atomic mass is 32.1. The Morgan fingerprint density at radius 3 is 2.50 bits per heavy atom. The van der Waals surface area contributed by atoms with Gasteiger partial charge in [-0.2, -0.15) is 0 Å². The highest BCUT2D eigenvalue weighted by molar-refractivity contribution is 7.09. The van der Waals surface area contributed by atoms with Crippen LogP contribution in [0.2, 0.25) is 0 Å². The normalized spacial score (nSPS) is 11.4. The second-order valence-corrected chi connectivity index (χ2v) is 8.46. The third-order valence-electron chi connectivity index (χ3n) is 5.24. The molecule has 2 N–H and O–H groups in total. The number of nitrogens with zero attached hydrogens (tertiary/aromatic N) is 2. The Morgan fingerprint density at radius 1 is 1.24 bits per heavy atom. The summed E-state index contributed by atoms with van der Waals surface area (Å²) >= 11 is 1.47. The van der Waals surface area contributed by atoms with Crippen LogP contribution in [-0.4, -0.2) is 42.2 Å². The molecule has 2 aromatic heterocycles. The van der Waals surface area contributed by atoms with E-state index in [1.807, 2.05) is 0 Å². The van der Waals surface area contributed by atoms with Gasteiger partial charge in [-0.25, -0.2) is 0 Å². The first-order chi connectivity index (χ1) is 16.4. The lowest BCUT2D eigenvalue weighted by Gasteiger charge is -2.20. The van der Waals surface area contributed by atoms with Crippen LogP contribution < -0.4 is 15.0 Å². The first-order valence-electron chi connectivity index (χ1n) is 10.8. The average molecular weight is 484 g/mol. The minimum atomic E-state index is -0.507. The van der Waals surface area contributed by atoms with E-state index < -0.39 is 5.56 Å². The van der Waals surface area contributed by atoms with Gasteiger partial charge in [0.1, 0.15) is 28.6 Å². The van der Waals surface area contributed by atoms with Gasteiger partial charge < -0.3 is 24.3 Å². The van der Waals surface area contributed by atoms with E-state index in [9.17, 15) is 9.90 Å². The van der Waals surface area contributed by atoms with E-state index in [1.165, 1.54) is 18.4 Å². The molecule has 0 spiro atoms. The summed E-state index contributed by atoms with van der Waals surface area (Å²) in [4.78, 5) is 25.2. The SMILES string of the molecule is C=C(Cc1cncs1)OC(=NC)c1c(O)c(-c2c(OC)cccc2OC)c(CCCC)[nH]c1=O. The lowest BCUT2D eigenvalue weighted by Crippen LogP contribution is -2.23. The fourth-order valence-corrected chi connectivity index (χ4v) is 4.27. The smallest absolute Gasteiger partial charge is 0.264 e. The number of allylic oxidation sites excluding steroid dienone is 1. The van der Waals surface area contributed by atoms with E-state index in [1.54, 1.807) is 44.1 Å². The molecule has 0 atom stereocenters. The summed E-state index contributed by atoms with van der Waals surface area (Å²) in [7, 11) is 4.57. The van der Waals surface area contributed by atoms with Gasteiger partial charge in [0.2, 0.25) is 5.90 Å². The van der Waals surface area contributed by atoms with Crippen molar-refractivity contribution in [3.05, 3.63) is 68.7 Å². The predicted molar refractivity (Wildman–Crippen MR) is 134 cm³/mol. The van der Waals surface area contributed by atoms with Crippen LogP contribution in [0.15, 0.2) is 52.0 Å². The third kappa shape index (κ3) is 5.31. The highest BCUT2D eigenvalue weighted by Crippen LogP contribution is 2.44. The van der Waals surface area contributed by atoms with Crippen molar-refractivity contribution >= 4 is 17.2 Å². The molecular weight excluding hydrogens is 454 g/mol. The lowest BCUT2D eigenvalue weighted by atomic mass is 9.95. The zero-order chi connectivity index (χ0) is 24.7. The molecule has 180 valence electrons. The molecule has 2 heterocycles. The molecule has 0 aliphatic carbocycles. The molecule has 8 nitrogen and oxygen atoms in total. The largest absolute Gasteiger partial charge is 0.506 e. The molecule has 0 amide bonds. The number of aromatic amines is 1. The van der Waals surface area contributed by atoms with Crippen molar-refractivity contribution in [3.8, 4) is 28.4 Å². The van der Waals surface area contributed by atoms with Crippen molar-refractivity contribution in [1.29, 1.82) is 0 Å². The molecule has 0 aliphatic rings. The van der Waals surface area contributed by atoms with Gasteiger partial charge in [-0.15, -0.1) is 11.3 Å². The third-order valence-corrected chi connectivity index (χ3v) is 6.02. The summed E-state index contributed by atoms with van der Waals surface area (Å²) < 4.78 is 17.0. The molecule has 34 heavy (non-hydrogen) atoms. The monoisotopic (exact) mass is 483 g/mol. The minimum Gasteiger partial charge on any atom is -0.506 e. The molecule has 0 saturated carbocycles. The maximum atomic E-state index is 13.1. The summed E-state index contributed by atoms with van der Waals surface area (Å²) in [5.74, 6) is 1.07. The zero-order valence-corrected chi connectivity index (χ0v) is 20.6. The number of aliphatic imine (C=N–C) groups is 1. The second-order valence-electron chi connectivity index (χ2n) is 7.49. The van der Waals surface area contributed by atoms with Crippen molar-refractivity contribution in [1.82, 2.24) is 9.97 Å². The number of ether oxygens (including phenoxy) is 3. The van der Waals surface area contributed by atoms with Crippen LogP contribution in [0.25, 0.3) is 11.1 Å². The molecule has 3 rings (SSSR count). The summed E-state index contributed by atoms with van der Waals surface area (Å²) in [6.45, 7) is 5.99. The summed E-state index contributed by atoms with van der Waals surface area (Å²) in [6.07, 6.45) is 4.41. The predicted octanol–water partition coefficient (Wildman–Crippen LogP) is 4.71. The number of hydrogen-bond acceptors (Lipinski definition) is 8. The molecule has 0 saturated heterocycles. The van der Waals surface area contributed by atoms with Crippen molar-refractivity contribution in [2.24, 2.45) is 4.99 Å². The van der Waals surface area contributed by atoms with E-state index in [0.717, 1.165) is 17.7 Å². The summed E-state index contributed by atoms with van der Waals surface area (Å²) in [5.41, 5.74) is 2.65. The van der Waals surface area contributed by atoms with Gasteiger partial charge in [-0.3, -0.25) is 14.8 Å². The van der Waals surface area contributed by atoms with Crippen LogP contribution in [0.1, 0.15) is 35.9 Å². The fraction of sp³-hybridized carbons (Fsp3) is 0.320. The van der Waals surface area contributed by atoms with Crippen LogP contribution in [0.5, 0.6) is 17.2 Å². The van der Waals surface area contributed by atoms with Gasteiger partial charge in [0.25, 0.3) is 5.56 Å². The number of aromatic nitrogens is 2. The lowest BCUT2D eigenvalue weighted by molar-refractivity contribution is 0.394. The van der Waals surface area contributed by atoms with Gasteiger partial charge in [0.15, 0.2) is 0 Å². The number of rotatable bonds is 10. The molecule has 0 radical (unpaired) electrons. The number of aryl methyl sites for hydroxylation is 1. The van der Waals surface area contributed by atoms with E-state index in [0.29, 0.717) is 46.9 Å². The number of benzene rings is 1. The molecule has 1 aromatic carbocycles. The Labute approximate surface area is 202 Å². The number of aromatic hydroxyl groups is 1. The number of unbranched alkanes of at least 4 members (excludes halogenated alkanes) is 1. The van der Waals surface area contributed by atoms with Crippen LogP contribution in [0.3, 0.4) is 0 Å². The van der Waals surface area contributed by atoms with E-state index in [-0.39, 0.29) is 17.2 Å². The van der Waals surface area contributed by atoms with Gasteiger partial charge in [-0.1, -0.05) is 26.0 Å². The highest BCUT2D eigenvalue weighted by Gasteiger charge is 2.27.